The molecule has 0 saturated carbocycles. The van der Waals surface area contributed by atoms with Crippen molar-refractivity contribution in [3.8, 4) is 0 Å². The van der Waals surface area contributed by atoms with Gasteiger partial charge in [-0.15, -0.1) is 0 Å². The Kier molecular flexibility index (Phi) is 4.58. The van der Waals surface area contributed by atoms with Gasteiger partial charge >= 0.3 is 6.18 Å². The largest absolute Gasteiger partial charge is 0.433 e. The van der Waals surface area contributed by atoms with Gasteiger partial charge in [0.15, 0.2) is 11.3 Å². The summed E-state index contributed by atoms with van der Waals surface area (Å²) in [6.45, 7) is 3.09. The average molecular weight is 403 g/mol. The van der Waals surface area contributed by atoms with Crippen molar-refractivity contribution in [3.05, 3.63) is 57.0 Å². The van der Waals surface area contributed by atoms with Crippen LogP contribution in [0, 0.1) is 13.8 Å². The van der Waals surface area contributed by atoms with Gasteiger partial charge in [-0.2, -0.15) is 18.3 Å². The van der Waals surface area contributed by atoms with Crippen molar-refractivity contribution in [2.24, 2.45) is 0 Å². The number of benzene rings is 1. The topological polar surface area (TPSA) is 59.3 Å². The molecule has 3 rings (SSSR count). The van der Waals surface area contributed by atoms with Gasteiger partial charge in [0.05, 0.1) is 0 Å². The molecule has 3 aromatic rings. The lowest BCUT2D eigenvalue weighted by Crippen LogP contribution is -2.16. The van der Waals surface area contributed by atoms with E-state index in [0.29, 0.717) is 20.8 Å². The Labute approximate surface area is 155 Å². The zero-order chi connectivity index (χ0) is 19.2. The number of anilines is 1. The molecule has 0 unspecified atom stereocenters. The number of carbonyl (C=O) groups is 1. The van der Waals surface area contributed by atoms with Gasteiger partial charge < -0.3 is 5.32 Å². The minimum absolute atomic E-state index is 0.101. The molecule has 26 heavy (non-hydrogen) atoms. The molecular weight excluding hydrogens is 392 g/mol. The minimum Gasteiger partial charge on any atom is -0.320 e. The van der Waals surface area contributed by atoms with E-state index in [1.807, 2.05) is 0 Å². The highest BCUT2D eigenvalue weighted by Crippen LogP contribution is 2.32. The first-order valence-electron chi connectivity index (χ1n) is 7.29. The van der Waals surface area contributed by atoms with E-state index in [2.05, 4.69) is 15.4 Å². The molecular formula is C16H11Cl2F3N4O. The molecule has 136 valence electrons. The van der Waals surface area contributed by atoms with Crippen molar-refractivity contribution < 1.29 is 18.0 Å². The molecule has 0 radical (unpaired) electrons. The first kappa shape index (κ1) is 18.5. The number of halogens is 5. The van der Waals surface area contributed by atoms with Crippen LogP contribution in [0.4, 0.5) is 18.9 Å². The molecule has 2 aromatic heterocycles. The van der Waals surface area contributed by atoms with Crippen LogP contribution in [0.1, 0.15) is 27.4 Å². The van der Waals surface area contributed by atoms with Crippen LogP contribution < -0.4 is 5.32 Å². The van der Waals surface area contributed by atoms with Crippen LogP contribution >= 0.6 is 23.2 Å². The smallest absolute Gasteiger partial charge is 0.320 e. The summed E-state index contributed by atoms with van der Waals surface area (Å²) in [6.07, 6.45) is -4.68. The fourth-order valence-corrected chi connectivity index (χ4v) is 2.80. The first-order chi connectivity index (χ1) is 12.1. The van der Waals surface area contributed by atoms with Crippen molar-refractivity contribution in [3.63, 3.8) is 0 Å². The Morgan fingerprint density at radius 2 is 1.92 bits per heavy atom. The van der Waals surface area contributed by atoms with E-state index in [9.17, 15) is 18.0 Å². The number of aryl methyl sites for hydroxylation is 1. The number of fused-ring (bicyclic) bond motifs is 1. The number of rotatable bonds is 2. The molecule has 1 amide bonds. The Morgan fingerprint density at radius 3 is 2.58 bits per heavy atom. The fourth-order valence-electron chi connectivity index (χ4n) is 2.38. The van der Waals surface area contributed by atoms with Gasteiger partial charge in [-0.1, -0.05) is 29.3 Å². The number of aromatic nitrogens is 3. The molecule has 10 heteroatoms. The molecule has 0 spiro atoms. The molecule has 0 aliphatic carbocycles. The Bertz CT molecular complexity index is 1030. The number of carbonyl (C=O) groups excluding carboxylic acids is 1. The third-order valence-corrected chi connectivity index (χ3v) is 4.44. The highest BCUT2D eigenvalue weighted by Gasteiger charge is 2.36. The monoisotopic (exact) mass is 402 g/mol. The van der Waals surface area contributed by atoms with Crippen LogP contribution in [0.15, 0.2) is 24.3 Å². The molecule has 0 aliphatic heterocycles. The lowest BCUT2D eigenvalue weighted by Gasteiger charge is -2.09. The summed E-state index contributed by atoms with van der Waals surface area (Å²) in [5.74, 6) is -0.767. The third kappa shape index (κ3) is 3.22. The van der Waals surface area contributed by atoms with Crippen molar-refractivity contribution in [2.75, 3.05) is 5.32 Å². The highest BCUT2D eigenvalue weighted by atomic mass is 35.5. The summed E-state index contributed by atoms with van der Waals surface area (Å²) in [5.41, 5.74) is -0.575. The minimum atomic E-state index is -4.68. The van der Waals surface area contributed by atoms with E-state index < -0.39 is 17.8 Å². The second kappa shape index (κ2) is 6.44. The standard InChI is InChI=1S/C16H11Cl2F3N4O/c1-7-6-11(16(19,20)21)25-14(22-7)12(18)13(24-25)15(26)23-10-5-3-4-9(17)8(10)2/h3-6H,1-2H3,(H,23,26). The molecule has 1 N–H and O–H groups in total. The van der Waals surface area contributed by atoms with Gasteiger partial charge in [0.1, 0.15) is 10.7 Å². The van der Waals surface area contributed by atoms with Gasteiger partial charge in [-0.05, 0) is 37.6 Å². The maximum Gasteiger partial charge on any atom is 0.433 e. The van der Waals surface area contributed by atoms with Crippen molar-refractivity contribution in [2.45, 2.75) is 20.0 Å². The van der Waals surface area contributed by atoms with Crippen molar-refractivity contribution in [1.29, 1.82) is 0 Å². The molecule has 1 aromatic carbocycles. The Hall–Kier alpha value is -2.32. The number of hydrogen-bond donors (Lipinski definition) is 1. The van der Waals surface area contributed by atoms with Gasteiger partial charge in [-0.3, -0.25) is 4.79 Å². The predicted octanol–water partition coefficient (Wildman–Crippen LogP) is 4.92. The average Bonchev–Trinajstić information content (AvgIpc) is 2.87. The summed E-state index contributed by atoms with van der Waals surface area (Å²) in [4.78, 5) is 16.4. The lowest BCUT2D eigenvalue weighted by molar-refractivity contribution is -0.142. The van der Waals surface area contributed by atoms with Crippen molar-refractivity contribution in [1.82, 2.24) is 14.6 Å². The number of amides is 1. The molecule has 0 bridgehead atoms. The number of nitrogens with one attached hydrogen (secondary N) is 1. The zero-order valence-corrected chi connectivity index (χ0v) is 15.0. The quantitative estimate of drug-likeness (QED) is 0.661. The van der Waals surface area contributed by atoms with Crippen LogP contribution in [0.2, 0.25) is 10.0 Å². The van der Waals surface area contributed by atoms with Crippen molar-refractivity contribution >= 4 is 40.4 Å². The van der Waals surface area contributed by atoms with E-state index in [-0.39, 0.29) is 22.1 Å². The molecule has 0 atom stereocenters. The maximum absolute atomic E-state index is 13.2. The normalized spacial score (nSPS) is 11.8. The molecule has 0 aliphatic rings. The van der Waals surface area contributed by atoms with E-state index >= 15 is 0 Å². The van der Waals surface area contributed by atoms with Crippen LogP contribution in [0.25, 0.3) is 5.65 Å². The van der Waals surface area contributed by atoms with E-state index in [1.165, 1.54) is 6.92 Å². The second-order valence-corrected chi connectivity index (χ2v) is 6.33. The molecule has 2 heterocycles. The first-order valence-corrected chi connectivity index (χ1v) is 8.04. The van der Waals surface area contributed by atoms with Crippen LogP contribution in [0.3, 0.4) is 0 Å². The van der Waals surface area contributed by atoms with E-state index in [1.54, 1.807) is 25.1 Å². The summed E-state index contributed by atoms with van der Waals surface area (Å²) >= 11 is 12.1. The number of alkyl halides is 3. The van der Waals surface area contributed by atoms with Crippen LogP contribution in [-0.2, 0) is 6.18 Å². The summed E-state index contributed by atoms with van der Waals surface area (Å²) < 4.78 is 40.2. The van der Waals surface area contributed by atoms with E-state index in [4.69, 9.17) is 23.2 Å². The number of hydrogen-bond acceptors (Lipinski definition) is 3. The Balaban J connectivity index is 2.10. The molecule has 5 nitrogen and oxygen atoms in total. The third-order valence-electron chi connectivity index (χ3n) is 3.68. The van der Waals surface area contributed by atoms with Crippen LogP contribution in [0.5, 0.6) is 0 Å². The van der Waals surface area contributed by atoms with Gasteiger partial charge in [-0.25, -0.2) is 9.50 Å². The van der Waals surface area contributed by atoms with Gasteiger partial charge in [0.2, 0.25) is 0 Å². The number of nitrogens with zero attached hydrogens (tertiary/aromatic N) is 3. The maximum atomic E-state index is 13.2. The summed E-state index contributed by atoms with van der Waals surface area (Å²) in [6, 6.07) is 5.71. The predicted molar refractivity (Wildman–Crippen MR) is 91.9 cm³/mol. The van der Waals surface area contributed by atoms with Gasteiger partial charge in [0.25, 0.3) is 5.91 Å². The SMILES string of the molecule is Cc1cc(C(F)(F)F)n2nc(C(=O)Nc3cccc(Cl)c3C)c(Cl)c2n1. The van der Waals surface area contributed by atoms with Crippen LogP contribution in [-0.4, -0.2) is 20.5 Å². The fraction of sp³-hybridized carbons (Fsp3) is 0.188. The summed E-state index contributed by atoms with van der Waals surface area (Å²) in [7, 11) is 0. The highest BCUT2D eigenvalue weighted by molar-refractivity contribution is 6.37. The summed E-state index contributed by atoms with van der Waals surface area (Å²) in [5, 5.41) is 6.44. The van der Waals surface area contributed by atoms with Gasteiger partial charge in [0, 0.05) is 16.4 Å². The lowest BCUT2D eigenvalue weighted by atomic mass is 10.2. The molecule has 0 saturated heterocycles. The Morgan fingerprint density at radius 1 is 1.23 bits per heavy atom. The second-order valence-electron chi connectivity index (χ2n) is 5.55. The zero-order valence-electron chi connectivity index (χ0n) is 13.4. The van der Waals surface area contributed by atoms with E-state index in [0.717, 1.165) is 6.07 Å². The molecule has 0 fully saturated rings.